The quantitative estimate of drug-likeness (QED) is 0.671. The molecule has 0 aliphatic rings. The molecule has 4 heteroatoms. The molecule has 0 unspecified atom stereocenters. The van der Waals surface area contributed by atoms with Gasteiger partial charge in [0.15, 0.2) is 0 Å². The second kappa shape index (κ2) is 6.26. The van der Waals surface area contributed by atoms with Gasteiger partial charge in [0.25, 0.3) is 0 Å². The maximum Gasteiger partial charge on any atom is 0.119 e. The Morgan fingerprint density at radius 1 is 1.09 bits per heavy atom. The summed E-state index contributed by atoms with van der Waals surface area (Å²) in [7, 11) is 0. The Morgan fingerprint density at radius 3 is 2.50 bits per heavy atom. The monoisotopic (exact) mass is 291 g/mol. The van der Waals surface area contributed by atoms with E-state index >= 15 is 0 Å². The molecule has 1 heterocycles. The van der Waals surface area contributed by atoms with Crippen molar-refractivity contribution in [1.29, 1.82) is 0 Å². The van der Waals surface area contributed by atoms with Crippen molar-refractivity contribution in [3.8, 4) is 22.7 Å². The zero-order chi connectivity index (χ0) is 15.4. The summed E-state index contributed by atoms with van der Waals surface area (Å²) in [5.74, 6) is 0.810. The van der Waals surface area contributed by atoms with Crippen LogP contribution in [-0.4, -0.2) is 21.6 Å². The van der Waals surface area contributed by atoms with Gasteiger partial charge < -0.3 is 4.74 Å². The lowest BCUT2D eigenvalue weighted by atomic mass is 10.1. The van der Waals surface area contributed by atoms with Gasteiger partial charge in [-0.25, -0.2) is 4.68 Å². The third-order valence-electron chi connectivity index (χ3n) is 3.39. The fourth-order valence-corrected chi connectivity index (χ4v) is 2.28. The van der Waals surface area contributed by atoms with Crippen LogP contribution in [0.15, 0.2) is 67.3 Å². The van der Waals surface area contributed by atoms with Crippen LogP contribution in [0, 0.1) is 6.92 Å². The highest BCUT2D eigenvalue weighted by Gasteiger charge is 2.11. The molecule has 0 radical (unpaired) electrons. The van der Waals surface area contributed by atoms with Crippen LogP contribution >= 0.6 is 0 Å². The van der Waals surface area contributed by atoms with Crippen LogP contribution < -0.4 is 4.74 Å². The fourth-order valence-electron chi connectivity index (χ4n) is 2.28. The van der Waals surface area contributed by atoms with Gasteiger partial charge in [0.05, 0.1) is 11.4 Å². The Morgan fingerprint density at radius 2 is 1.82 bits per heavy atom. The van der Waals surface area contributed by atoms with Crippen molar-refractivity contribution >= 4 is 0 Å². The first-order valence-electron chi connectivity index (χ1n) is 7.11. The number of nitrogens with zero attached hydrogens (tertiary/aromatic N) is 3. The lowest BCUT2D eigenvalue weighted by molar-refractivity contribution is 0.363. The van der Waals surface area contributed by atoms with E-state index in [2.05, 4.69) is 16.9 Å². The summed E-state index contributed by atoms with van der Waals surface area (Å²) >= 11 is 0. The Bertz CT molecular complexity index is 761. The van der Waals surface area contributed by atoms with Crippen molar-refractivity contribution in [3.63, 3.8) is 0 Å². The van der Waals surface area contributed by atoms with E-state index in [0.717, 1.165) is 28.4 Å². The van der Waals surface area contributed by atoms with Crippen molar-refractivity contribution in [2.45, 2.75) is 6.92 Å². The number of benzene rings is 2. The average Bonchev–Trinajstić information content (AvgIpc) is 2.96. The zero-order valence-electron chi connectivity index (χ0n) is 12.4. The van der Waals surface area contributed by atoms with Crippen molar-refractivity contribution in [2.75, 3.05) is 6.61 Å². The molecule has 2 aromatic carbocycles. The van der Waals surface area contributed by atoms with Crippen LogP contribution in [0.3, 0.4) is 0 Å². The molecular formula is C18H17N3O. The predicted molar refractivity (Wildman–Crippen MR) is 87.2 cm³/mol. The average molecular weight is 291 g/mol. The largest absolute Gasteiger partial charge is 0.490 e. The van der Waals surface area contributed by atoms with Gasteiger partial charge in [0, 0.05) is 5.56 Å². The molecule has 4 nitrogen and oxygen atoms in total. The maximum atomic E-state index is 5.49. The zero-order valence-corrected chi connectivity index (χ0v) is 12.4. The third kappa shape index (κ3) is 2.76. The normalized spacial score (nSPS) is 10.4. The Balaban J connectivity index is 1.90. The molecule has 0 atom stereocenters. The third-order valence-corrected chi connectivity index (χ3v) is 3.39. The van der Waals surface area contributed by atoms with E-state index < -0.39 is 0 Å². The van der Waals surface area contributed by atoms with Gasteiger partial charge in [0.2, 0.25) is 0 Å². The van der Waals surface area contributed by atoms with Gasteiger partial charge in [-0.15, -0.1) is 5.10 Å². The second-order valence-electron chi connectivity index (χ2n) is 4.89. The lowest BCUT2D eigenvalue weighted by Crippen LogP contribution is -1.99. The minimum absolute atomic E-state index is 0.500. The van der Waals surface area contributed by atoms with Crippen LogP contribution in [0.5, 0.6) is 5.75 Å². The van der Waals surface area contributed by atoms with Gasteiger partial charge in [-0.1, -0.05) is 48.2 Å². The van der Waals surface area contributed by atoms with E-state index in [1.54, 1.807) is 6.08 Å². The smallest absolute Gasteiger partial charge is 0.119 e. The molecule has 1 aromatic heterocycles. The first-order chi connectivity index (χ1) is 10.8. The van der Waals surface area contributed by atoms with Crippen LogP contribution in [0.2, 0.25) is 0 Å². The molecule has 0 aliphatic carbocycles. The number of ether oxygens (including phenoxy) is 1. The van der Waals surface area contributed by atoms with Crippen molar-refractivity contribution < 1.29 is 4.74 Å². The summed E-state index contributed by atoms with van der Waals surface area (Å²) in [5.41, 5.74) is 3.92. The van der Waals surface area contributed by atoms with E-state index in [1.807, 2.05) is 66.2 Å². The first kappa shape index (κ1) is 14.1. The number of hydrogen-bond acceptors (Lipinski definition) is 3. The second-order valence-corrected chi connectivity index (χ2v) is 4.89. The molecule has 0 saturated heterocycles. The lowest BCUT2D eigenvalue weighted by Gasteiger charge is -2.06. The number of hydrogen-bond donors (Lipinski definition) is 0. The van der Waals surface area contributed by atoms with Gasteiger partial charge in [-0.3, -0.25) is 0 Å². The molecule has 3 rings (SSSR count). The van der Waals surface area contributed by atoms with Gasteiger partial charge in [-0.2, -0.15) is 0 Å². The molecule has 22 heavy (non-hydrogen) atoms. The van der Waals surface area contributed by atoms with Crippen molar-refractivity contribution in [1.82, 2.24) is 15.0 Å². The van der Waals surface area contributed by atoms with Gasteiger partial charge in [-0.05, 0) is 31.2 Å². The molecule has 0 bridgehead atoms. The van der Waals surface area contributed by atoms with E-state index in [0.29, 0.717) is 6.61 Å². The Hall–Kier alpha value is -2.88. The molecule has 110 valence electrons. The van der Waals surface area contributed by atoms with Crippen molar-refractivity contribution in [3.05, 3.63) is 72.9 Å². The molecule has 3 aromatic rings. The highest BCUT2D eigenvalue weighted by atomic mass is 16.5. The minimum atomic E-state index is 0.500. The standard InChI is InChI=1S/C18H17N3O/c1-3-13-22-17-11-9-16(10-12-17)21-14(2)18(19-20-21)15-7-5-4-6-8-15/h3-12H,1,13H2,2H3. The van der Waals surface area contributed by atoms with E-state index in [4.69, 9.17) is 4.74 Å². The number of aromatic nitrogens is 3. The van der Waals surface area contributed by atoms with Crippen LogP contribution in [-0.2, 0) is 0 Å². The fraction of sp³-hybridized carbons (Fsp3) is 0.111. The summed E-state index contributed by atoms with van der Waals surface area (Å²) in [6.07, 6.45) is 1.72. The van der Waals surface area contributed by atoms with Gasteiger partial charge in [0.1, 0.15) is 18.1 Å². The van der Waals surface area contributed by atoms with E-state index in [-0.39, 0.29) is 0 Å². The molecule has 0 amide bonds. The minimum Gasteiger partial charge on any atom is -0.490 e. The molecule has 0 aliphatic heterocycles. The summed E-state index contributed by atoms with van der Waals surface area (Å²) in [6, 6.07) is 17.8. The van der Waals surface area contributed by atoms with Crippen molar-refractivity contribution in [2.24, 2.45) is 0 Å². The summed E-state index contributed by atoms with van der Waals surface area (Å²) in [6.45, 7) is 6.15. The maximum absolute atomic E-state index is 5.49. The summed E-state index contributed by atoms with van der Waals surface area (Å²) < 4.78 is 7.32. The highest BCUT2D eigenvalue weighted by Crippen LogP contribution is 2.23. The highest BCUT2D eigenvalue weighted by molar-refractivity contribution is 5.61. The van der Waals surface area contributed by atoms with E-state index in [1.165, 1.54) is 0 Å². The van der Waals surface area contributed by atoms with Crippen LogP contribution in [0.25, 0.3) is 16.9 Å². The number of rotatable bonds is 5. The van der Waals surface area contributed by atoms with E-state index in [9.17, 15) is 0 Å². The summed E-state index contributed by atoms with van der Waals surface area (Å²) in [5, 5.41) is 8.57. The molecule has 0 N–H and O–H groups in total. The van der Waals surface area contributed by atoms with Crippen LogP contribution in [0.4, 0.5) is 0 Å². The van der Waals surface area contributed by atoms with Crippen LogP contribution in [0.1, 0.15) is 5.69 Å². The topological polar surface area (TPSA) is 39.9 Å². The first-order valence-corrected chi connectivity index (χ1v) is 7.11. The predicted octanol–water partition coefficient (Wildman–Crippen LogP) is 3.81. The molecule has 0 saturated carbocycles. The SMILES string of the molecule is C=CCOc1ccc(-n2nnc(-c3ccccc3)c2C)cc1. The molecular weight excluding hydrogens is 274 g/mol. The Kier molecular flexibility index (Phi) is 4.01. The Labute approximate surface area is 129 Å². The van der Waals surface area contributed by atoms with Gasteiger partial charge >= 0.3 is 0 Å². The molecule has 0 fully saturated rings. The summed E-state index contributed by atoms with van der Waals surface area (Å²) in [4.78, 5) is 0. The molecule has 0 spiro atoms.